The largest absolute Gasteiger partial charge is 0.415 e. The van der Waals surface area contributed by atoms with Crippen LogP contribution >= 0.6 is 0 Å². The van der Waals surface area contributed by atoms with Gasteiger partial charge in [0.15, 0.2) is 0 Å². The van der Waals surface area contributed by atoms with Crippen molar-refractivity contribution in [3.8, 4) is 0 Å². The maximum atomic E-state index is 13.1. The van der Waals surface area contributed by atoms with Gasteiger partial charge in [0.2, 0.25) is 0 Å². The first-order valence-corrected chi connectivity index (χ1v) is 4.08. The van der Waals surface area contributed by atoms with Crippen molar-refractivity contribution in [2.24, 2.45) is 5.73 Å². The number of alkyl halides is 3. The number of rotatable bonds is 0. The lowest BCUT2D eigenvalue weighted by atomic mass is 9.85. The zero-order chi connectivity index (χ0) is 11.1. The molecule has 0 saturated carbocycles. The van der Waals surface area contributed by atoms with E-state index in [9.17, 15) is 17.6 Å². The van der Waals surface area contributed by atoms with Crippen LogP contribution in [-0.2, 0) is 0 Å². The van der Waals surface area contributed by atoms with Gasteiger partial charge >= 0.3 is 6.18 Å². The van der Waals surface area contributed by atoms with Crippen molar-refractivity contribution in [3.63, 3.8) is 0 Å². The summed E-state index contributed by atoms with van der Waals surface area (Å²) in [4.78, 5) is 0. The Morgan fingerprint density at radius 1 is 1.43 bits per heavy atom. The van der Waals surface area contributed by atoms with Crippen molar-refractivity contribution in [1.29, 1.82) is 0 Å². The second-order valence-corrected chi connectivity index (χ2v) is 3.80. The highest BCUT2D eigenvalue weighted by Crippen LogP contribution is 2.40. The third-order valence-electron chi connectivity index (χ3n) is 2.06. The molecule has 0 saturated heterocycles. The summed E-state index contributed by atoms with van der Waals surface area (Å²) in [6.45, 7) is 2.72. The molecule has 0 heterocycles. The molecule has 0 aliphatic heterocycles. The van der Waals surface area contributed by atoms with Gasteiger partial charge in [-0.25, -0.2) is 4.39 Å². The highest BCUT2D eigenvalue weighted by Gasteiger charge is 2.42. The van der Waals surface area contributed by atoms with E-state index in [1.165, 1.54) is 19.9 Å². The fraction of sp³-hybridized carbons (Fsp3) is 0.556. The maximum absolute atomic E-state index is 13.1. The summed E-state index contributed by atoms with van der Waals surface area (Å²) in [5, 5.41) is 0. The smallest absolute Gasteiger partial charge is 0.322 e. The molecule has 80 valence electrons. The molecule has 0 spiro atoms. The van der Waals surface area contributed by atoms with Gasteiger partial charge in [0.05, 0.1) is 5.57 Å². The van der Waals surface area contributed by atoms with Crippen molar-refractivity contribution in [2.45, 2.75) is 32.0 Å². The van der Waals surface area contributed by atoms with Crippen LogP contribution in [-0.4, -0.2) is 11.7 Å². The number of nitrogens with two attached hydrogens (primary N) is 1. The highest BCUT2D eigenvalue weighted by atomic mass is 19.4. The third kappa shape index (κ3) is 2.15. The van der Waals surface area contributed by atoms with Crippen LogP contribution in [0.5, 0.6) is 0 Å². The predicted octanol–water partition coefficient (Wildman–Crippen LogP) is 2.84. The molecule has 0 fully saturated rings. The summed E-state index contributed by atoms with van der Waals surface area (Å²) in [6, 6.07) is 0. The van der Waals surface area contributed by atoms with Gasteiger partial charge in [0, 0.05) is 12.0 Å². The minimum absolute atomic E-state index is 0.0476. The fourth-order valence-corrected chi connectivity index (χ4v) is 1.53. The quantitative estimate of drug-likeness (QED) is 0.610. The van der Waals surface area contributed by atoms with Crippen molar-refractivity contribution in [2.75, 3.05) is 0 Å². The highest BCUT2D eigenvalue weighted by molar-refractivity contribution is 5.39. The number of hydrogen-bond donors (Lipinski definition) is 1. The van der Waals surface area contributed by atoms with Crippen LogP contribution in [0.15, 0.2) is 23.0 Å². The van der Waals surface area contributed by atoms with Crippen LogP contribution in [0.1, 0.15) is 20.3 Å². The van der Waals surface area contributed by atoms with Gasteiger partial charge < -0.3 is 5.73 Å². The van der Waals surface area contributed by atoms with E-state index in [4.69, 9.17) is 5.73 Å². The Balaban J connectivity index is 3.18. The Morgan fingerprint density at radius 2 is 1.93 bits per heavy atom. The molecule has 2 N–H and O–H groups in total. The molecule has 1 atom stereocenters. The first kappa shape index (κ1) is 11.2. The molecule has 0 radical (unpaired) electrons. The van der Waals surface area contributed by atoms with Crippen LogP contribution in [0.4, 0.5) is 17.6 Å². The first-order chi connectivity index (χ1) is 6.13. The van der Waals surface area contributed by atoms with Crippen LogP contribution in [0, 0.1) is 0 Å². The van der Waals surface area contributed by atoms with Crippen molar-refractivity contribution in [3.05, 3.63) is 23.0 Å². The SMILES string of the molecule is CC1=CC(C)(N)CC(C(F)(F)F)=C1F. The molecular formula is C9H11F4N. The van der Waals surface area contributed by atoms with E-state index in [0.717, 1.165) is 0 Å². The normalized spacial score (nSPS) is 29.2. The molecule has 5 heteroatoms. The molecule has 14 heavy (non-hydrogen) atoms. The Hall–Kier alpha value is -0.840. The second-order valence-electron chi connectivity index (χ2n) is 3.80. The van der Waals surface area contributed by atoms with Gasteiger partial charge in [-0.05, 0) is 19.4 Å². The Kier molecular flexibility index (Phi) is 2.48. The van der Waals surface area contributed by atoms with Crippen LogP contribution < -0.4 is 5.73 Å². The molecular weight excluding hydrogens is 198 g/mol. The maximum Gasteiger partial charge on any atom is 0.415 e. The fourth-order valence-electron chi connectivity index (χ4n) is 1.53. The molecule has 0 bridgehead atoms. The molecule has 0 aromatic rings. The summed E-state index contributed by atoms with van der Waals surface area (Å²) < 4.78 is 50.1. The monoisotopic (exact) mass is 209 g/mol. The number of allylic oxidation sites excluding steroid dienone is 2. The van der Waals surface area contributed by atoms with Gasteiger partial charge in [-0.2, -0.15) is 13.2 Å². The second kappa shape index (κ2) is 3.08. The zero-order valence-corrected chi connectivity index (χ0v) is 7.87. The lowest BCUT2D eigenvalue weighted by Gasteiger charge is -2.28. The van der Waals surface area contributed by atoms with Gasteiger partial charge in [-0.1, -0.05) is 6.08 Å². The van der Waals surface area contributed by atoms with Crippen LogP contribution in [0.3, 0.4) is 0 Å². The molecule has 1 rings (SSSR count). The van der Waals surface area contributed by atoms with E-state index < -0.39 is 29.5 Å². The minimum atomic E-state index is -4.64. The number of halogens is 4. The standard InChI is InChI=1S/C9H11F4N/c1-5-3-8(2,14)4-6(7(5)10)9(11,12)13/h3H,4,14H2,1-2H3. The molecule has 1 aliphatic carbocycles. The molecule has 1 aliphatic rings. The lowest BCUT2D eigenvalue weighted by molar-refractivity contribution is -0.0973. The van der Waals surface area contributed by atoms with E-state index in [2.05, 4.69) is 0 Å². The van der Waals surface area contributed by atoms with E-state index in [1.54, 1.807) is 0 Å². The number of hydrogen-bond acceptors (Lipinski definition) is 1. The topological polar surface area (TPSA) is 26.0 Å². The molecule has 0 aromatic carbocycles. The van der Waals surface area contributed by atoms with Gasteiger partial charge in [-0.15, -0.1) is 0 Å². The van der Waals surface area contributed by atoms with Gasteiger partial charge in [-0.3, -0.25) is 0 Å². The summed E-state index contributed by atoms with van der Waals surface area (Å²) in [5.74, 6) is -1.19. The first-order valence-electron chi connectivity index (χ1n) is 4.08. The lowest BCUT2D eigenvalue weighted by Crippen LogP contribution is -2.39. The third-order valence-corrected chi connectivity index (χ3v) is 2.06. The Morgan fingerprint density at radius 3 is 2.36 bits per heavy atom. The molecule has 0 amide bonds. The van der Waals surface area contributed by atoms with Gasteiger partial charge in [0.25, 0.3) is 0 Å². The predicted molar refractivity (Wildman–Crippen MR) is 45.2 cm³/mol. The zero-order valence-electron chi connectivity index (χ0n) is 7.87. The minimum Gasteiger partial charge on any atom is -0.322 e. The molecule has 1 nitrogen and oxygen atoms in total. The van der Waals surface area contributed by atoms with E-state index in [-0.39, 0.29) is 5.57 Å². The van der Waals surface area contributed by atoms with Gasteiger partial charge in [0.1, 0.15) is 5.83 Å². The van der Waals surface area contributed by atoms with E-state index in [1.807, 2.05) is 0 Å². The van der Waals surface area contributed by atoms with E-state index in [0.29, 0.717) is 0 Å². The molecule has 0 aromatic heterocycles. The van der Waals surface area contributed by atoms with Crippen LogP contribution in [0.25, 0.3) is 0 Å². The average molecular weight is 209 g/mol. The Labute approximate surface area is 79.3 Å². The van der Waals surface area contributed by atoms with Crippen molar-refractivity contribution < 1.29 is 17.6 Å². The summed E-state index contributed by atoms with van der Waals surface area (Å²) in [7, 11) is 0. The Bertz CT molecular complexity index is 309. The van der Waals surface area contributed by atoms with Crippen LogP contribution in [0.2, 0.25) is 0 Å². The summed E-state index contributed by atoms with van der Waals surface area (Å²) >= 11 is 0. The summed E-state index contributed by atoms with van der Waals surface area (Å²) in [5.41, 5.74) is 3.21. The van der Waals surface area contributed by atoms with Crippen molar-refractivity contribution in [1.82, 2.24) is 0 Å². The molecule has 1 unspecified atom stereocenters. The summed E-state index contributed by atoms with van der Waals surface area (Å²) in [6.07, 6.45) is -3.84. The average Bonchev–Trinajstić information content (AvgIpc) is 1.93. The van der Waals surface area contributed by atoms with E-state index >= 15 is 0 Å². The van der Waals surface area contributed by atoms with Crippen molar-refractivity contribution >= 4 is 0 Å².